The number of alkyl halides is 3. The average Bonchev–Trinajstić information content (AvgIpc) is 2.64. The number of benzene rings is 2. The molecule has 29 heavy (non-hydrogen) atoms. The smallest absolute Gasteiger partial charge is 0.416 e. The first-order valence-electron chi connectivity index (χ1n) is 8.33. The predicted molar refractivity (Wildman–Crippen MR) is 94.3 cm³/mol. The highest BCUT2D eigenvalue weighted by molar-refractivity contribution is 5.84. The van der Waals surface area contributed by atoms with Gasteiger partial charge in [0.25, 0.3) is 0 Å². The van der Waals surface area contributed by atoms with Gasteiger partial charge in [-0.25, -0.2) is 4.79 Å². The topological polar surface area (TPSA) is 76.7 Å². The molecule has 0 saturated carbocycles. The van der Waals surface area contributed by atoms with Crippen LogP contribution in [0.15, 0.2) is 45.6 Å². The molecule has 0 aliphatic heterocycles. The molecule has 9 heteroatoms. The van der Waals surface area contributed by atoms with Crippen molar-refractivity contribution in [3.05, 3.63) is 74.9 Å². The zero-order valence-corrected chi connectivity index (χ0v) is 15.0. The zero-order chi connectivity index (χ0) is 21.3. The Hall–Kier alpha value is -3.36. The molecule has 0 spiro atoms. The number of rotatable bonds is 5. The van der Waals surface area contributed by atoms with Crippen molar-refractivity contribution in [1.82, 2.24) is 0 Å². The Morgan fingerprint density at radius 1 is 1.21 bits per heavy atom. The summed E-state index contributed by atoms with van der Waals surface area (Å²) in [5.41, 5.74) is -1.91. The lowest BCUT2D eigenvalue weighted by Crippen LogP contribution is -2.15. The molecule has 0 bridgehead atoms. The molecule has 0 saturated heterocycles. The highest BCUT2D eigenvalue weighted by Gasteiger charge is 2.30. The van der Waals surface area contributed by atoms with Gasteiger partial charge >= 0.3 is 17.8 Å². The van der Waals surface area contributed by atoms with E-state index in [2.05, 4.69) is 0 Å². The van der Waals surface area contributed by atoms with Crippen LogP contribution in [0.2, 0.25) is 0 Å². The van der Waals surface area contributed by atoms with Crippen molar-refractivity contribution in [3.63, 3.8) is 0 Å². The lowest BCUT2D eigenvalue weighted by Gasteiger charge is -2.12. The molecule has 0 amide bonds. The molecule has 2 aromatic carbocycles. The first-order chi connectivity index (χ1) is 13.6. The van der Waals surface area contributed by atoms with Crippen molar-refractivity contribution >= 4 is 16.9 Å². The Bertz CT molecular complexity index is 1150. The largest absolute Gasteiger partial charge is 0.486 e. The second-order valence-corrected chi connectivity index (χ2v) is 6.30. The van der Waals surface area contributed by atoms with Crippen molar-refractivity contribution in [2.45, 2.75) is 26.1 Å². The second-order valence-electron chi connectivity index (χ2n) is 6.30. The highest BCUT2D eigenvalue weighted by atomic mass is 19.4. The van der Waals surface area contributed by atoms with Gasteiger partial charge in [-0.15, -0.1) is 0 Å². The van der Waals surface area contributed by atoms with Gasteiger partial charge in [0, 0.05) is 5.39 Å². The minimum absolute atomic E-state index is 0.0953. The van der Waals surface area contributed by atoms with E-state index in [0.29, 0.717) is 0 Å². The van der Waals surface area contributed by atoms with Gasteiger partial charge < -0.3 is 14.3 Å². The fourth-order valence-electron chi connectivity index (χ4n) is 2.87. The standard InChI is InChI=1S/C20H14F4O5/c1-10-13-5-6-15(17(21)18(13)29-19(27)14(10)8-16(25)26)28-9-11-3-2-4-12(7-11)20(22,23)24/h2-7H,8-9H2,1H3,(H,25,26). The Kier molecular flexibility index (Phi) is 5.32. The molecule has 0 aliphatic carbocycles. The van der Waals surface area contributed by atoms with Crippen molar-refractivity contribution in [2.24, 2.45) is 0 Å². The van der Waals surface area contributed by atoms with Gasteiger partial charge in [-0.05, 0) is 42.3 Å². The number of halogens is 4. The van der Waals surface area contributed by atoms with Crippen LogP contribution in [0.5, 0.6) is 5.75 Å². The summed E-state index contributed by atoms with van der Waals surface area (Å²) in [7, 11) is 0. The lowest BCUT2D eigenvalue weighted by atomic mass is 10.0. The lowest BCUT2D eigenvalue weighted by molar-refractivity contribution is -0.138. The number of aliphatic carboxylic acids is 1. The molecule has 3 rings (SSSR count). The third-order valence-corrected chi connectivity index (χ3v) is 4.34. The van der Waals surface area contributed by atoms with Crippen LogP contribution < -0.4 is 10.4 Å². The Labute approximate surface area is 161 Å². The van der Waals surface area contributed by atoms with Gasteiger partial charge in [0.05, 0.1) is 17.5 Å². The third-order valence-electron chi connectivity index (χ3n) is 4.34. The minimum atomic E-state index is -4.52. The summed E-state index contributed by atoms with van der Waals surface area (Å²) in [6, 6.07) is 7.04. The average molecular weight is 410 g/mol. The van der Waals surface area contributed by atoms with E-state index in [1.807, 2.05) is 0 Å². The quantitative estimate of drug-likeness (QED) is 0.496. The van der Waals surface area contributed by atoms with Gasteiger partial charge in [0.1, 0.15) is 6.61 Å². The summed E-state index contributed by atoms with van der Waals surface area (Å²) in [5.74, 6) is -2.55. The summed E-state index contributed by atoms with van der Waals surface area (Å²) >= 11 is 0. The van der Waals surface area contributed by atoms with E-state index in [9.17, 15) is 27.2 Å². The summed E-state index contributed by atoms with van der Waals surface area (Å²) < 4.78 is 63.3. The van der Waals surface area contributed by atoms with Gasteiger partial charge in [0.15, 0.2) is 11.3 Å². The summed E-state index contributed by atoms with van der Waals surface area (Å²) in [4.78, 5) is 22.9. The summed E-state index contributed by atoms with van der Waals surface area (Å²) in [5, 5.41) is 9.09. The molecule has 0 unspecified atom stereocenters. The molecule has 1 N–H and O–H groups in total. The molecule has 152 valence electrons. The zero-order valence-electron chi connectivity index (χ0n) is 15.0. The fourth-order valence-corrected chi connectivity index (χ4v) is 2.87. The van der Waals surface area contributed by atoms with Crippen LogP contribution in [-0.4, -0.2) is 11.1 Å². The van der Waals surface area contributed by atoms with Crippen molar-refractivity contribution in [2.75, 3.05) is 0 Å². The number of carbonyl (C=O) groups is 1. The molecule has 1 heterocycles. The minimum Gasteiger partial charge on any atom is -0.486 e. The molecule has 5 nitrogen and oxygen atoms in total. The van der Waals surface area contributed by atoms with E-state index in [-0.39, 0.29) is 34.4 Å². The van der Waals surface area contributed by atoms with E-state index in [0.717, 1.165) is 12.1 Å². The SMILES string of the molecule is Cc1c(CC(=O)O)c(=O)oc2c(F)c(OCc3cccc(C(F)(F)F)c3)ccc12. The van der Waals surface area contributed by atoms with Gasteiger partial charge in [-0.1, -0.05) is 12.1 Å². The maximum Gasteiger partial charge on any atom is 0.416 e. The highest BCUT2D eigenvalue weighted by Crippen LogP contribution is 2.31. The molecule has 3 aromatic rings. The Balaban J connectivity index is 1.93. The van der Waals surface area contributed by atoms with Gasteiger partial charge in [0.2, 0.25) is 5.82 Å². The van der Waals surface area contributed by atoms with Crippen molar-refractivity contribution in [3.8, 4) is 5.75 Å². The second kappa shape index (κ2) is 7.57. The Morgan fingerprint density at radius 3 is 2.59 bits per heavy atom. The van der Waals surface area contributed by atoms with Crippen LogP contribution in [0.3, 0.4) is 0 Å². The van der Waals surface area contributed by atoms with E-state index >= 15 is 0 Å². The van der Waals surface area contributed by atoms with E-state index < -0.39 is 41.2 Å². The predicted octanol–water partition coefficient (Wildman–Crippen LogP) is 4.47. The van der Waals surface area contributed by atoms with E-state index in [1.54, 1.807) is 0 Å². The first-order valence-corrected chi connectivity index (χ1v) is 8.33. The monoisotopic (exact) mass is 410 g/mol. The molecule has 0 atom stereocenters. The molecule has 0 fully saturated rings. The van der Waals surface area contributed by atoms with Crippen molar-refractivity contribution < 1.29 is 36.6 Å². The number of hydrogen-bond donors (Lipinski definition) is 1. The molecular weight excluding hydrogens is 396 g/mol. The maximum absolute atomic E-state index is 14.7. The normalized spacial score (nSPS) is 11.6. The number of hydrogen-bond acceptors (Lipinski definition) is 4. The summed E-state index contributed by atoms with van der Waals surface area (Å²) in [6.07, 6.45) is -5.08. The Morgan fingerprint density at radius 2 is 1.93 bits per heavy atom. The van der Waals surface area contributed by atoms with Crippen LogP contribution >= 0.6 is 0 Å². The van der Waals surface area contributed by atoms with Crippen LogP contribution in [0, 0.1) is 12.7 Å². The van der Waals surface area contributed by atoms with Gasteiger partial charge in [-0.3, -0.25) is 4.79 Å². The van der Waals surface area contributed by atoms with Crippen LogP contribution in [-0.2, 0) is 24.0 Å². The number of aryl methyl sites for hydroxylation is 1. The fraction of sp³-hybridized carbons (Fsp3) is 0.200. The third kappa shape index (κ3) is 4.23. The van der Waals surface area contributed by atoms with Crippen LogP contribution in [0.4, 0.5) is 17.6 Å². The summed E-state index contributed by atoms with van der Waals surface area (Å²) in [6.45, 7) is 1.13. The molecular formula is C20H14F4O5. The van der Waals surface area contributed by atoms with Crippen molar-refractivity contribution in [1.29, 1.82) is 0 Å². The van der Waals surface area contributed by atoms with E-state index in [4.69, 9.17) is 14.3 Å². The first kappa shape index (κ1) is 20.4. The molecule has 0 radical (unpaired) electrons. The van der Waals surface area contributed by atoms with Crippen LogP contribution in [0.25, 0.3) is 11.0 Å². The number of carboxylic acid groups (broad SMARTS) is 1. The number of fused-ring (bicyclic) bond motifs is 1. The maximum atomic E-state index is 14.7. The van der Waals surface area contributed by atoms with E-state index in [1.165, 1.54) is 31.2 Å². The van der Waals surface area contributed by atoms with Gasteiger partial charge in [-0.2, -0.15) is 17.6 Å². The van der Waals surface area contributed by atoms with Crippen LogP contribution in [0.1, 0.15) is 22.3 Å². The molecule has 1 aromatic heterocycles. The number of carboxylic acids is 1. The number of ether oxygens (including phenoxy) is 1. The molecule has 0 aliphatic rings.